The zero-order valence-corrected chi connectivity index (χ0v) is 15.1. The first-order chi connectivity index (χ1) is 13.2. The fourth-order valence-corrected chi connectivity index (χ4v) is 2.42. The van der Waals surface area contributed by atoms with Crippen LogP contribution in [0.15, 0.2) is 60.9 Å². The molecule has 0 saturated carbocycles. The average Bonchev–Trinajstić information content (AvgIpc) is 2.73. The normalized spacial score (nSPS) is 10.1. The Morgan fingerprint density at radius 2 is 1.74 bits per heavy atom. The molecule has 7 heteroatoms. The number of nitrogens with zero attached hydrogens (tertiary/aromatic N) is 2. The molecule has 1 heterocycles. The first kappa shape index (κ1) is 18.2. The predicted octanol–water partition coefficient (Wildman–Crippen LogP) is 3.36. The molecule has 1 amide bonds. The van der Waals surface area contributed by atoms with E-state index in [1.165, 1.54) is 19.5 Å². The van der Waals surface area contributed by atoms with E-state index in [1.54, 1.807) is 25.3 Å². The van der Waals surface area contributed by atoms with Crippen molar-refractivity contribution in [2.75, 3.05) is 24.9 Å². The van der Waals surface area contributed by atoms with Crippen molar-refractivity contribution in [3.05, 3.63) is 72.1 Å². The largest absolute Gasteiger partial charge is 0.497 e. The Morgan fingerprint density at radius 1 is 1.00 bits per heavy atom. The standard InChI is InChI=1S/C20H20N4O3/c1-26-16-8-9-18(27-2)17(10-16)24-19(25)15-12-22-20(23-13-15)21-11-14-6-4-3-5-7-14/h3-10,12-13H,11H2,1-2H3,(H,24,25)(H,21,22,23). The summed E-state index contributed by atoms with van der Waals surface area (Å²) in [4.78, 5) is 20.9. The van der Waals surface area contributed by atoms with Crippen LogP contribution in [0.1, 0.15) is 15.9 Å². The number of anilines is 2. The Kier molecular flexibility index (Phi) is 5.84. The van der Waals surface area contributed by atoms with Gasteiger partial charge in [0, 0.05) is 25.0 Å². The van der Waals surface area contributed by atoms with Crippen LogP contribution in [-0.2, 0) is 6.54 Å². The lowest BCUT2D eigenvalue weighted by Crippen LogP contribution is -2.14. The molecule has 0 spiro atoms. The molecule has 138 valence electrons. The Labute approximate surface area is 157 Å². The number of carbonyl (C=O) groups excluding carboxylic acids is 1. The number of nitrogens with one attached hydrogen (secondary N) is 2. The monoisotopic (exact) mass is 364 g/mol. The third-order valence-electron chi connectivity index (χ3n) is 3.86. The summed E-state index contributed by atoms with van der Waals surface area (Å²) in [5.41, 5.74) is 1.96. The maximum absolute atomic E-state index is 12.5. The number of methoxy groups -OCH3 is 2. The van der Waals surface area contributed by atoms with Crippen LogP contribution < -0.4 is 20.1 Å². The number of hydrogen-bond acceptors (Lipinski definition) is 6. The summed E-state index contributed by atoms with van der Waals surface area (Å²) < 4.78 is 10.4. The first-order valence-corrected chi connectivity index (χ1v) is 8.33. The van der Waals surface area contributed by atoms with Gasteiger partial charge in [0.05, 0.1) is 25.5 Å². The molecule has 1 aromatic heterocycles. The molecule has 0 atom stereocenters. The minimum Gasteiger partial charge on any atom is -0.497 e. The van der Waals surface area contributed by atoms with Crippen LogP contribution in [0.5, 0.6) is 11.5 Å². The van der Waals surface area contributed by atoms with Gasteiger partial charge in [0.25, 0.3) is 5.91 Å². The maximum atomic E-state index is 12.5. The quantitative estimate of drug-likeness (QED) is 0.669. The molecule has 0 aliphatic heterocycles. The van der Waals surface area contributed by atoms with Gasteiger partial charge in [-0.25, -0.2) is 9.97 Å². The molecule has 7 nitrogen and oxygen atoms in total. The van der Waals surface area contributed by atoms with Gasteiger partial charge in [-0.15, -0.1) is 0 Å². The van der Waals surface area contributed by atoms with Gasteiger partial charge in [-0.1, -0.05) is 30.3 Å². The van der Waals surface area contributed by atoms with Crippen LogP contribution in [0, 0.1) is 0 Å². The highest BCUT2D eigenvalue weighted by molar-refractivity contribution is 6.04. The van der Waals surface area contributed by atoms with Crippen molar-refractivity contribution in [1.29, 1.82) is 0 Å². The third-order valence-corrected chi connectivity index (χ3v) is 3.86. The van der Waals surface area contributed by atoms with E-state index in [2.05, 4.69) is 20.6 Å². The molecule has 3 aromatic rings. The van der Waals surface area contributed by atoms with Crippen LogP contribution in [0.2, 0.25) is 0 Å². The van der Waals surface area contributed by atoms with Crippen molar-refractivity contribution < 1.29 is 14.3 Å². The average molecular weight is 364 g/mol. The topological polar surface area (TPSA) is 85.4 Å². The van der Waals surface area contributed by atoms with E-state index in [0.717, 1.165) is 5.56 Å². The molecule has 27 heavy (non-hydrogen) atoms. The molecule has 2 aromatic carbocycles. The van der Waals surface area contributed by atoms with Gasteiger partial charge in [-0.2, -0.15) is 0 Å². The zero-order valence-electron chi connectivity index (χ0n) is 15.1. The smallest absolute Gasteiger partial charge is 0.258 e. The SMILES string of the molecule is COc1ccc(OC)c(NC(=O)c2cnc(NCc3ccccc3)nc2)c1. The third kappa shape index (κ3) is 4.72. The minimum atomic E-state index is -0.337. The van der Waals surface area contributed by atoms with Crippen molar-refractivity contribution in [2.24, 2.45) is 0 Å². The maximum Gasteiger partial charge on any atom is 0.258 e. The van der Waals surface area contributed by atoms with Crippen LogP contribution in [0.25, 0.3) is 0 Å². The van der Waals surface area contributed by atoms with Crippen molar-refractivity contribution in [3.8, 4) is 11.5 Å². The van der Waals surface area contributed by atoms with E-state index in [4.69, 9.17) is 9.47 Å². The first-order valence-electron chi connectivity index (χ1n) is 8.33. The fourth-order valence-electron chi connectivity index (χ4n) is 2.42. The van der Waals surface area contributed by atoms with Gasteiger partial charge >= 0.3 is 0 Å². The van der Waals surface area contributed by atoms with Crippen molar-refractivity contribution in [2.45, 2.75) is 6.54 Å². The molecule has 0 aliphatic rings. The summed E-state index contributed by atoms with van der Waals surface area (Å²) in [5.74, 6) is 1.26. The highest BCUT2D eigenvalue weighted by Crippen LogP contribution is 2.29. The summed E-state index contributed by atoms with van der Waals surface area (Å²) in [5, 5.41) is 5.91. The van der Waals surface area contributed by atoms with Gasteiger partial charge in [0.1, 0.15) is 11.5 Å². The van der Waals surface area contributed by atoms with Gasteiger partial charge < -0.3 is 20.1 Å². The summed E-state index contributed by atoms with van der Waals surface area (Å²) in [6.45, 7) is 0.605. The summed E-state index contributed by atoms with van der Waals surface area (Å²) in [6.07, 6.45) is 2.95. The molecule has 0 aliphatic carbocycles. The zero-order chi connectivity index (χ0) is 19.1. The second-order valence-corrected chi connectivity index (χ2v) is 5.65. The van der Waals surface area contributed by atoms with Crippen LogP contribution in [-0.4, -0.2) is 30.1 Å². The summed E-state index contributed by atoms with van der Waals surface area (Å²) in [6, 6.07) is 15.1. The molecule has 0 fully saturated rings. The van der Waals surface area contributed by atoms with E-state index in [1.807, 2.05) is 30.3 Å². The van der Waals surface area contributed by atoms with E-state index >= 15 is 0 Å². The molecule has 3 rings (SSSR count). The Bertz CT molecular complexity index is 899. The van der Waals surface area contributed by atoms with Crippen molar-refractivity contribution >= 4 is 17.5 Å². The molecule has 0 bridgehead atoms. The van der Waals surface area contributed by atoms with Crippen molar-refractivity contribution in [1.82, 2.24) is 9.97 Å². The molecule has 2 N–H and O–H groups in total. The number of benzene rings is 2. The van der Waals surface area contributed by atoms with E-state index in [0.29, 0.717) is 35.2 Å². The Morgan fingerprint density at radius 3 is 2.41 bits per heavy atom. The van der Waals surface area contributed by atoms with Gasteiger partial charge in [-0.3, -0.25) is 4.79 Å². The van der Waals surface area contributed by atoms with Crippen LogP contribution in [0.4, 0.5) is 11.6 Å². The summed E-state index contributed by atoms with van der Waals surface area (Å²) in [7, 11) is 3.09. The number of ether oxygens (including phenoxy) is 2. The number of rotatable bonds is 7. The molecule has 0 saturated heterocycles. The highest BCUT2D eigenvalue weighted by atomic mass is 16.5. The van der Waals surface area contributed by atoms with Gasteiger partial charge in [-0.05, 0) is 17.7 Å². The van der Waals surface area contributed by atoms with E-state index in [9.17, 15) is 4.79 Å². The van der Waals surface area contributed by atoms with Crippen LogP contribution in [0.3, 0.4) is 0 Å². The van der Waals surface area contributed by atoms with Gasteiger partial charge in [0.2, 0.25) is 5.95 Å². The highest BCUT2D eigenvalue weighted by Gasteiger charge is 2.12. The number of amides is 1. The van der Waals surface area contributed by atoms with Crippen molar-refractivity contribution in [3.63, 3.8) is 0 Å². The Hall–Kier alpha value is -3.61. The second kappa shape index (κ2) is 8.66. The molecule has 0 unspecified atom stereocenters. The molecule has 0 radical (unpaired) electrons. The van der Waals surface area contributed by atoms with Crippen LogP contribution >= 0.6 is 0 Å². The predicted molar refractivity (Wildman–Crippen MR) is 103 cm³/mol. The minimum absolute atomic E-state index is 0.337. The molecular formula is C20H20N4O3. The second-order valence-electron chi connectivity index (χ2n) is 5.65. The summed E-state index contributed by atoms with van der Waals surface area (Å²) >= 11 is 0. The number of carbonyl (C=O) groups is 1. The molecular weight excluding hydrogens is 344 g/mol. The Balaban J connectivity index is 1.65. The van der Waals surface area contributed by atoms with Gasteiger partial charge in [0.15, 0.2) is 0 Å². The lowest BCUT2D eigenvalue weighted by Gasteiger charge is -2.11. The number of aromatic nitrogens is 2. The lowest BCUT2D eigenvalue weighted by atomic mass is 10.2. The fraction of sp³-hybridized carbons (Fsp3) is 0.150. The number of hydrogen-bond donors (Lipinski definition) is 2. The lowest BCUT2D eigenvalue weighted by molar-refractivity contribution is 0.102. The van der Waals surface area contributed by atoms with E-state index < -0.39 is 0 Å². The van der Waals surface area contributed by atoms with E-state index in [-0.39, 0.29) is 5.91 Å².